The van der Waals surface area contributed by atoms with Crippen molar-refractivity contribution in [3.63, 3.8) is 0 Å². The van der Waals surface area contributed by atoms with Gasteiger partial charge in [0.05, 0.1) is 19.5 Å². The molecule has 0 spiro atoms. The average molecular weight is 290 g/mol. The molecule has 2 heteroatoms. The minimum atomic E-state index is 0.116. The van der Waals surface area contributed by atoms with Crippen LogP contribution in [0, 0.1) is 11.8 Å². The summed E-state index contributed by atoms with van der Waals surface area (Å²) in [5.74, 6) is 1.04. The van der Waals surface area contributed by atoms with E-state index in [1.165, 1.54) is 5.56 Å². The van der Waals surface area contributed by atoms with Gasteiger partial charge in [-0.05, 0) is 26.7 Å². The van der Waals surface area contributed by atoms with Gasteiger partial charge in [0, 0.05) is 11.5 Å². The van der Waals surface area contributed by atoms with Crippen LogP contribution < -0.4 is 0 Å². The van der Waals surface area contributed by atoms with E-state index in [-0.39, 0.29) is 12.0 Å². The van der Waals surface area contributed by atoms with Crippen molar-refractivity contribution in [2.24, 2.45) is 11.8 Å². The highest BCUT2D eigenvalue weighted by Gasteiger charge is 2.41. The molecule has 0 aromatic heterocycles. The van der Waals surface area contributed by atoms with Gasteiger partial charge >= 0.3 is 5.91 Å². The van der Waals surface area contributed by atoms with Gasteiger partial charge in [-0.25, -0.2) is 4.79 Å². The Balaban J connectivity index is 3.15. The summed E-state index contributed by atoms with van der Waals surface area (Å²) in [6.07, 6.45) is 2.03. The van der Waals surface area contributed by atoms with Gasteiger partial charge in [-0.2, -0.15) is 0 Å². The minimum Gasteiger partial charge on any atom is -0.257 e. The summed E-state index contributed by atoms with van der Waals surface area (Å²) in [4.78, 5) is 13.0. The summed E-state index contributed by atoms with van der Waals surface area (Å²) in [6, 6.07) is 10.6. The number of benzene rings is 1. The highest BCUT2D eigenvalue weighted by Crippen LogP contribution is 2.31. The molecule has 21 heavy (non-hydrogen) atoms. The van der Waals surface area contributed by atoms with E-state index < -0.39 is 0 Å². The van der Waals surface area contributed by atoms with E-state index in [4.69, 9.17) is 0 Å². The van der Waals surface area contributed by atoms with Gasteiger partial charge in [0.25, 0.3) is 0 Å². The lowest BCUT2D eigenvalue weighted by Gasteiger charge is -2.40. The number of nitrogens with zero attached hydrogens (tertiary/aromatic N) is 1. The van der Waals surface area contributed by atoms with Crippen molar-refractivity contribution < 1.29 is 9.28 Å². The molecule has 1 rings (SSSR count). The van der Waals surface area contributed by atoms with Crippen molar-refractivity contribution in [3.8, 4) is 0 Å². The number of carbonyl (C=O) groups is 1. The highest BCUT2D eigenvalue weighted by atomic mass is 16.2. The van der Waals surface area contributed by atoms with Crippen LogP contribution in [0.4, 0.5) is 0 Å². The third-order valence-electron chi connectivity index (χ3n) is 5.06. The molecule has 0 radical (unpaired) electrons. The first-order valence-corrected chi connectivity index (χ1v) is 8.31. The van der Waals surface area contributed by atoms with Crippen LogP contribution >= 0.6 is 0 Å². The molecule has 0 bridgehead atoms. The Bertz CT molecular complexity index is 442. The zero-order valence-electron chi connectivity index (χ0n) is 14.6. The van der Waals surface area contributed by atoms with Crippen LogP contribution in [0.25, 0.3) is 0 Å². The molecule has 0 fully saturated rings. The van der Waals surface area contributed by atoms with Gasteiger partial charge < -0.3 is 0 Å². The molecule has 1 aromatic carbocycles. The number of quaternary nitrogens is 1. The Hall–Kier alpha value is -1.15. The molecule has 1 aromatic rings. The smallest absolute Gasteiger partial charge is 0.257 e. The van der Waals surface area contributed by atoms with Crippen molar-refractivity contribution in [2.75, 3.05) is 13.6 Å². The molecule has 0 heterocycles. The van der Waals surface area contributed by atoms with Crippen LogP contribution in [0.2, 0.25) is 0 Å². The molecule has 4 atom stereocenters. The van der Waals surface area contributed by atoms with Crippen molar-refractivity contribution in [1.82, 2.24) is 0 Å². The van der Waals surface area contributed by atoms with Crippen molar-refractivity contribution >= 4 is 5.91 Å². The number of carbonyl (C=O) groups excluding carboxylic acids is 1. The Kier molecular flexibility index (Phi) is 6.60. The zero-order valence-corrected chi connectivity index (χ0v) is 14.6. The van der Waals surface area contributed by atoms with E-state index in [1.807, 2.05) is 6.07 Å². The fraction of sp³-hybridized carbons (Fsp3) is 0.632. The van der Waals surface area contributed by atoms with Crippen molar-refractivity contribution in [3.05, 3.63) is 35.9 Å². The molecule has 2 nitrogen and oxygen atoms in total. The van der Waals surface area contributed by atoms with Crippen molar-refractivity contribution in [2.45, 2.75) is 53.5 Å². The SMILES string of the molecule is CC[C@H](C)C[N@@+](C)(C(=O)[C@@H](C)CC)[C@H](C)c1ccccc1. The molecule has 0 aliphatic carbocycles. The summed E-state index contributed by atoms with van der Waals surface area (Å²) in [5.41, 5.74) is 1.25. The Labute approximate surface area is 130 Å². The molecule has 0 unspecified atom stereocenters. The van der Waals surface area contributed by atoms with E-state index in [2.05, 4.69) is 65.9 Å². The largest absolute Gasteiger partial charge is 0.316 e. The molecular formula is C19H32NO+. The van der Waals surface area contributed by atoms with Gasteiger partial charge in [-0.3, -0.25) is 4.48 Å². The Morgan fingerprint density at radius 3 is 2.10 bits per heavy atom. The van der Waals surface area contributed by atoms with E-state index >= 15 is 0 Å². The zero-order chi connectivity index (χ0) is 16.0. The Morgan fingerprint density at radius 1 is 1.05 bits per heavy atom. The first kappa shape index (κ1) is 17.9. The van der Waals surface area contributed by atoms with Crippen molar-refractivity contribution in [1.29, 1.82) is 0 Å². The topological polar surface area (TPSA) is 17.1 Å². The summed E-state index contributed by atoms with van der Waals surface area (Å²) in [6.45, 7) is 11.7. The maximum absolute atomic E-state index is 13.0. The van der Waals surface area contributed by atoms with Crippen LogP contribution in [0.3, 0.4) is 0 Å². The van der Waals surface area contributed by atoms with Gasteiger partial charge in [0.2, 0.25) is 0 Å². The highest BCUT2D eigenvalue weighted by molar-refractivity contribution is 5.71. The maximum atomic E-state index is 13.0. The van der Waals surface area contributed by atoms with Crippen LogP contribution in [0.5, 0.6) is 0 Å². The lowest BCUT2D eigenvalue weighted by Crippen LogP contribution is -2.55. The second-order valence-electron chi connectivity index (χ2n) is 6.70. The molecule has 0 aliphatic rings. The summed E-state index contributed by atoms with van der Waals surface area (Å²) < 4.78 is 0.508. The molecule has 0 aliphatic heterocycles. The van der Waals surface area contributed by atoms with Gasteiger partial charge in [-0.1, -0.05) is 51.1 Å². The van der Waals surface area contributed by atoms with Crippen LogP contribution in [0.15, 0.2) is 30.3 Å². The molecular weight excluding hydrogens is 258 g/mol. The predicted molar refractivity (Wildman–Crippen MR) is 89.8 cm³/mol. The summed E-state index contributed by atoms with van der Waals surface area (Å²) in [7, 11) is 2.12. The first-order chi connectivity index (χ1) is 9.86. The number of hydrogen-bond acceptors (Lipinski definition) is 1. The lowest BCUT2D eigenvalue weighted by atomic mass is 9.96. The molecule has 0 saturated carbocycles. The van der Waals surface area contributed by atoms with Crippen LogP contribution in [0.1, 0.15) is 59.1 Å². The third-order valence-corrected chi connectivity index (χ3v) is 5.06. The monoisotopic (exact) mass is 290 g/mol. The van der Waals surface area contributed by atoms with Gasteiger partial charge in [0.1, 0.15) is 6.04 Å². The lowest BCUT2D eigenvalue weighted by molar-refractivity contribution is -0.869. The standard InChI is InChI=1S/C19H32NO/c1-7-15(3)14-20(6,19(21)16(4)8-2)17(5)18-12-10-9-11-13-18/h9-13,15-17H,7-8,14H2,1-6H3/q+1/t15-,16-,17+,20+/m0/s1. The van der Waals surface area contributed by atoms with Gasteiger partial charge in [-0.15, -0.1) is 0 Å². The third kappa shape index (κ3) is 4.16. The fourth-order valence-corrected chi connectivity index (χ4v) is 2.95. The number of amides is 1. The molecule has 118 valence electrons. The van der Waals surface area contributed by atoms with E-state index in [9.17, 15) is 4.79 Å². The number of rotatable bonds is 7. The van der Waals surface area contributed by atoms with Crippen LogP contribution in [-0.4, -0.2) is 24.0 Å². The Morgan fingerprint density at radius 2 is 1.62 bits per heavy atom. The normalized spacial score (nSPS) is 18.6. The maximum Gasteiger partial charge on any atom is 0.316 e. The summed E-state index contributed by atoms with van der Waals surface area (Å²) in [5, 5.41) is 0. The average Bonchev–Trinajstić information content (AvgIpc) is 2.52. The quantitative estimate of drug-likeness (QED) is 0.658. The van der Waals surface area contributed by atoms with E-state index in [0.29, 0.717) is 16.3 Å². The number of hydrogen-bond donors (Lipinski definition) is 0. The molecule has 1 amide bonds. The van der Waals surface area contributed by atoms with Crippen LogP contribution in [-0.2, 0) is 4.79 Å². The second kappa shape index (κ2) is 7.74. The molecule has 0 saturated heterocycles. The molecule has 0 N–H and O–H groups in total. The predicted octanol–water partition coefficient (Wildman–Crippen LogP) is 4.81. The van der Waals surface area contributed by atoms with E-state index in [1.54, 1.807) is 0 Å². The second-order valence-corrected chi connectivity index (χ2v) is 6.70. The van der Waals surface area contributed by atoms with Gasteiger partial charge in [0.15, 0.2) is 0 Å². The summed E-state index contributed by atoms with van der Waals surface area (Å²) >= 11 is 0. The minimum absolute atomic E-state index is 0.116. The van der Waals surface area contributed by atoms with E-state index in [0.717, 1.165) is 19.4 Å². The fourth-order valence-electron chi connectivity index (χ4n) is 2.95. The first-order valence-electron chi connectivity index (χ1n) is 8.31.